The van der Waals surface area contributed by atoms with Gasteiger partial charge in [-0.3, -0.25) is 15.5 Å². The number of nitrogens with zero attached hydrogens (tertiary/aromatic N) is 2. The number of hydrogen-bond acceptors (Lipinski definition) is 7. The minimum Gasteiger partial charge on any atom is -0.455 e. The van der Waals surface area contributed by atoms with E-state index in [9.17, 15) is 18.5 Å². The van der Waals surface area contributed by atoms with Gasteiger partial charge < -0.3 is 9.73 Å². The molecule has 1 fully saturated rings. The van der Waals surface area contributed by atoms with Gasteiger partial charge in [-0.1, -0.05) is 12.1 Å². The van der Waals surface area contributed by atoms with Gasteiger partial charge in [-0.15, -0.1) is 0 Å². The first kappa shape index (κ1) is 19.0. The van der Waals surface area contributed by atoms with E-state index in [2.05, 4.69) is 15.8 Å². The van der Waals surface area contributed by atoms with Crippen LogP contribution < -0.4 is 10.7 Å². The average molecular weight is 408 g/mol. The molecular weight excluding hydrogens is 392 g/mol. The van der Waals surface area contributed by atoms with Crippen molar-refractivity contribution in [2.75, 3.05) is 11.5 Å². The first-order valence-electron chi connectivity index (χ1n) is 7.98. The van der Waals surface area contributed by atoms with E-state index in [1.165, 1.54) is 12.3 Å². The molecule has 2 N–H and O–H groups in total. The number of para-hydroxylation sites is 1. The van der Waals surface area contributed by atoms with E-state index >= 15 is 0 Å². The van der Waals surface area contributed by atoms with Crippen molar-refractivity contribution in [1.29, 1.82) is 0 Å². The Morgan fingerprint density at radius 3 is 2.81 bits per heavy atom. The van der Waals surface area contributed by atoms with E-state index in [1.54, 1.807) is 30.3 Å². The Morgan fingerprint density at radius 1 is 1.33 bits per heavy atom. The molecule has 0 spiro atoms. The highest BCUT2D eigenvalue weighted by Gasteiger charge is 2.28. The van der Waals surface area contributed by atoms with Crippen molar-refractivity contribution >= 4 is 39.1 Å². The molecule has 0 radical (unpaired) electrons. The van der Waals surface area contributed by atoms with Gasteiger partial charge in [0.15, 0.2) is 14.9 Å². The second-order valence-electron chi connectivity index (χ2n) is 5.92. The number of thiocarbonyl (C=S) groups is 1. The Morgan fingerprint density at radius 2 is 2.11 bits per heavy atom. The largest absolute Gasteiger partial charge is 0.455 e. The van der Waals surface area contributed by atoms with Crippen LogP contribution in [0.3, 0.4) is 0 Å². The number of rotatable bonds is 5. The number of benzene rings is 1. The fourth-order valence-corrected chi connectivity index (χ4v) is 4.58. The summed E-state index contributed by atoms with van der Waals surface area (Å²) in [5.74, 6) is 0.926. The van der Waals surface area contributed by atoms with Crippen LogP contribution >= 0.6 is 12.2 Å². The molecule has 27 heavy (non-hydrogen) atoms. The minimum absolute atomic E-state index is 0.0506. The Hall–Kier alpha value is -2.79. The molecule has 1 saturated heterocycles. The highest BCUT2D eigenvalue weighted by atomic mass is 32.2. The Balaban J connectivity index is 1.60. The van der Waals surface area contributed by atoms with E-state index in [4.69, 9.17) is 16.6 Å². The molecule has 1 aromatic heterocycles. The Kier molecular flexibility index (Phi) is 5.51. The standard InChI is InChI=1S/C16H16N4O5S2/c21-20(22)14-4-2-1-3-13(14)15-6-5-12(25-15)9-17-19-16(26)18-11-7-8-27(23,24)10-11/h1-6,9,11H,7-8,10H2,(H2,18,19,26). The van der Waals surface area contributed by atoms with Gasteiger partial charge in [0.1, 0.15) is 11.5 Å². The average Bonchev–Trinajstić information content (AvgIpc) is 3.21. The SMILES string of the molecule is O=[N+]([O-])c1ccccc1-c1ccc(C=NNC(=S)NC2CCS(=O)(=O)C2)o1. The van der Waals surface area contributed by atoms with Crippen LogP contribution in [0.4, 0.5) is 5.69 Å². The number of hydrazone groups is 1. The van der Waals surface area contributed by atoms with E-state index in [-0.39, 0.29) is 28.3 Å². The number of furan rings is 1. The molecule has 1 atom stereocenters. The summed E-state index contributed by atoms with van der Waals surface area (Å²) < 4.78 is 28.4. The van der Waals surface area contributed by atoms with Crippen LogP contribution in [0.25, 0.3) is 11.3 Å². The van der Waals surface area contributed by atoms with Gasteiger partial charge in [-0.2, -0.15) is 5.10 Å². The molecule has 0 saturated carbocycles. The zero-order valence-corrected chi connectivity index (χ0v) is 15.6. The summed E-state index contributed by atoms with van der Waals surface area (Å²) in [6.07, 6.45) is 1.88. The lowest BCUT2D eigenvalue weighted by atomic mass is 10.1. The third-order valence-corrected chi connectivity index (χ3v) is 5.90. The maximum atomic E-state index is 11.4. The number of nitro benzene ring substituents is 1. The van der Waals surface area contributed by atoms with E-state index in [1.807, 2.05) is 0 Å². The van der Waals surface area contributed by atoms with Gasteiger partial charge in [0.2, 0.25) is 0 Å². The minimum atomic E-state index is -2.99. The number of hydrogen-bond donors (Lipinski definition) is 2. The van der Waals surface area contributed by atoms with Crippen molar-refractivity contribution in [2.45, 2.75) is 12.5 Å². The summed E-state index contributed by atoms with van der Waals surface area (Å²) in [6, 6.07) is 9.29. The molecule has 2 aromatic rings. The van der Waals surface area contributed by atoms with Crippen molar-refractivity contribution < 1.29 is 17.8 Å². The van der Waals surface area contributed by atoms with Crippen LogP contribution in [0.5, 0.6) is 0 Å². The van der Waals surface area contributed by atoms with Crippen molar-refractivity contribution in [3.63, 3.8) is 0 Å². The molecule has 3 rings (SSSR count). The summed E-state index contributed by atoms with van der Waals surface area (Å²) in [5.41, 5.74) is 2.91. The molecule has 11 heteroatoms. The van der Waals surface area contributed by atoms with Gasteiger partial charge in [0.25, 0.3) is 5.69 Å². The molecule has 9 nitrogen and oxygen atoms in total. The van der Waals surface area contributed by atoms with Crippen LogP contribution in [-0.4, -0.2) is 42.2 Å². The number of nitrogens with one attached hydrogen (secondary N) is 2. The summed E-state index contributed by atoms with van der Waals surface area (Å²) in [5, 5.41) is 18.1. The van der Waals surface area contributed by atoms with Crippen LogP contribution in [0.15, 0.2) is 45.9 Å². The third-order valence-electron chi connectivity index (χ3n) is 3.92. The first-order valence-corrected chi connectivity index (χ1v) is 10.2. The lowest BCUT2D eigenvalue weighted by Gasteiger charge is -2.11. The van der Waals surface area contributed by atoms with Gasteiger partial charge in [0.05, 0.1) is 28.2 Å². The highest BCUT2D eigenvalue weighted by molar-refractivity contribution is 7.91. The van der Waals surface area contributed by atoms with Crippen LogP contribution in [0.2, 0.25) is 0 Å². The third kappa shape index (κ3) is 4.89. The fourth-order valence-electron chi connectivity index (χ4n) is 2.69. The lowest BCUT2D eigenvalue weighted by molar-refractivity contribution is -0.384. The Bertz CT molecular complexity index is 1000. The van der Waals surface area contributed by atoms with Crippen LogP contribution in [-0.2, 0) is 9.84 Å². The predicted octanol–water partition coefficient (Wildman–Crippen LogP) is 1.84. The van der Waals surface area contributed by atoms with E-state index in [0.29, 0.717) is 23.5 Å². The highest BCUT2D eigenvalue weighted by Crippen LogP contribution is 2.30. The normalized spacial score (nSPS) is 18.4. The van der Waals surface area contributed by atoms with Crippen molar-refractivity contribution in [2.24, 2.45) is 5.10 Å². The predicted molar refractivity (Wildman–Crippen MR) is 104 cm³/mol. The molecule has 1 aliphatic heterocycles. The molecule has 0 aliphatic carbocycles. The molecule has 0 amide bonds. The monoisotopic (exact) mass is 408 g/mol. The van der Waals surface area contributed by atoms with Crippen molar-refractivity contribution in [1.82, 2.24) is 10.7 Å². The molecule has 1 aliphatic rings. The van der Waals surface area contributed by atoms with Gasteiger partial charge in [-0.05, 0) is 36.8 Å². The fraction of sp³-hybridized carbons (Fsp3) is 0.250. The zero-order chi connectivity index (χ0) is 19.4. The van der Waals surface area contributed by atoms with Gasteiger partial charge in [0, 0.05) is 12.1 Å². The topological polar surface area (TPSA) is 127 Å². The first-order chi connectivity index (χ1) is 12.8. The summed E-state index contributed by atoms with van der Waals surface area (Å²) in [7, 11) is -2.99. The summed E-state index contributed by atoms with van der Waals surface area (Å²) >= 11 is 5.07. The maximum absolute atomic E-state index is 11.4. The molecule has 0 bridgehead atoms. The van der Waals surface area contributed by atoms with Crippen molar-refractivity contribution in [3.8, 4) is 11.3 Å². The Labute approximate surface area is 160 Å². The van der Waals surface area contributed by atoms with E-state index in [0.717, 1.165) is 0 Å². The quantitative estimate of drug-likeness (QED) is 0.332. The van der Waals surface area contributed by atoms with E-state index < -0.39 is 14.8 Å². The molecular formula is C16H16N4O5S2. The molecule has 1 unspecified atom stereocenters. The summed E-state index contributed by atoms with van der Waals surface area (Å²) in [6.45, 7) is 0. The van der Waals surface area contributed by atoms with Gasteiger partial charge >= 0.3 is 0 Å². The van der Waals surface area contributed by atoms with Crippen molar-refractivity contribution in [3.05, 3.63) is 52.3 Å². The summed E-state index contributed by atoms with van der Waals surface area (Å²) in [4.78, 5) is 10.6. The van der Waals surface area contributed by atoms with Gasteiger partial charge in [-0.25, -0.2) is 8.42 Å². The second kappa shape index (κ2) is 7.84. The molecule has 2 heterocycles. The zero-order valence-electron chi connectivity index (χ0n) is 14.0. The number of sulfone groups is 1. The number of nitro groups is 1. The maximum Gasteiger partial charge on any atom is 0.280 e. The second-order valence-corrected chi connectivity index (χ2v) is 8.56. The molecule has 1 aromatic carbocycles. The molecule has 142 valence electrons. The van der Waals surface area contributed by atoms with Crippen LogP contribution in [0, 0.1) is 10.1 Å². The lowest BCUT2D eigenvalue weighted by Crippen LogP contribution is -2.40. The smallest absolute Gasteiger partial charge is 0.280 e. The van der Waals surface area contributed by atoms with Crippen LogP contribution in [0.1, 0.15) is 12.2 Å².